The summed E-state index contributed by atoms with van der Waals surface area (Å²) in [6.45, 7) is 1.76. The second kappa shape index (κ2) is 6.14. The lowest BCUT2D eigenvalue weighted by atomic mass is 10.1. The van der Waals surface area contributed by atoms with Crippen LogP contribution in [0.1, 0.15) is 26.5 Å². The molecule has 0 atom stereocenters. The highest BCUT2D eigenvalue weighted by Crippen LogP contribution is 2.31. The Bertz CT molecular complexity index is 961. The van der Waals surface area contributed by atoms with Crippen molar-refractivity contribution in [3.05, 3.63) is 57.5 Å². The summed E-state index contributed by atoms with van der Waals surface area (Å²) in [5, 5.41) is 12.5. The molecule has 8 heteroatoms. The maximum absolute atomic E-state index is 12.6. The molecule has 3 rings (SSSR count). The predicted molar refractivity (Wildman–Crippen MR) is 90.1 cm³/mol. The molecule has 3 aromatic rings. The van der Waals surface area contributed by atoms with Gasteiger partial charge in [0.05, 0.1) is 21.3 Å². The molecule has 1 aromatic carbocycles. The van der Waals surface area contributed by atoms with Gasteiger partial charge in [0.1, 0.15) is 5.58 Å². The highest BCUT2D eigenvalue weighted by Gasteiger charge is 2.19. The van der Waals surface area contributed by atoms with Gasteiger partial charge < -0.3 is 14.8 Å². The van der Waals surface area contributed by atoms with E-state index in [-0.39, 0.29) is 27.1 Å². The standard InChI is InChI=1S/C16H10Cl2N2O4/c1-7-2-3-8(9-4-12(16(22)23)24-14(7)9)15(21)20-13-10(17)5-19-6-11(13)18/h2-6H,1H3,(H,22,23)(H,19,20,21). The summed E-state index contributed by atoms with van der Waals surface area (Å²) in [5.41, 5.74) is 1.53. The number of aromatic nitrogens is 1. The van der Waals surface area contributed by atoms with Crippen molar-refractivity contribution in [2.24, 2.45) is 0 Å². The van der Waals surface area contributed by atoms with E-state index in [0.717, 1.165) is 0 Å². The number of carboxylic acid groups (broad SMARTS) is 1. The molecule has 0 aliphatic rings. The molecule has 0 radical (unpaired) electrons. The van der Waals surface area contributed by atoms with Crippen LogP contribution >= 0.6 is 23.2 Å². The first-order chi connectivity index (χ1) is 11.4. The normalized spacial score (nSPS) is 10.8. The Hall–Kier alpha value is -2.57. The SMILES string of the molecule is Cc1ccc(C(=O)Nc2c(Cl)cncc2Cl)c2cc(C(=O)O)oc12. The second-order valence-electron chi connectivity index (χ2n) is 5.02. The van der Waals surface area contributed by atoms with Crippen LogP contribution in [0, 0.1) is 6.92 Å². The molecule has 0 bridgehead atoms. The largest absolute Gasteiger partial charge is 0.475 e. The molecule has 0 saturated carbocycles. The number of nitrogens with one attached hydrogen (secondary N) is 1. The van der Waals surface area contributed by atoms with E-state index in [1.807, 2.05) is 0 Å². The molecule has 0 aliphatic carbocycles. The lowest BCUT2D eigenvalue weighted by Crippen LogP contribution is -2.13. The molecule has 0 spiro atoms. The fourth-order valence-electron chi connectivity index (χ4n) is 2.27. The number of carbonyl (C=O) groups is 2. The second-order valence-corrected chi connectivity index (χ2v) is 5.84. The number of pyridine rings is 1. The molecule has 2 heterocycles. The molecule has 122 valence electrons. The maximum Gasteiger partial charge on any atom is 0.371 e. The third kappa shape index (κ3) is 2.81. The zero-order valence-corrected chi connectivity index (χ0v) is 13.8. The van der Waals surface area contributed by atoms with Crippen LogP contribution in [0.2, 0.25) is 10.0 Å². The van der Waals surface area contributed by atoms with Gasteiger partial charge in [-0.2, -0.15) is 0 Å². The van der Waals surface area contributed by atoms with Crippen molar-refractivity contribution >= 4 is 51.7 Å². The number of anilines is 1. The number of halogens is 2. The monoisotopic (exact) mass is 364 g/mol. The fraction of sp³-hybridized carbons (Fsp3) is 0.0625. The third-order valence-electron chi connectivity index (χ3n) is 3.43. The number of furan rings is 1. The number of benzene rings is 1. The average molecular weight is 365 g/mol. The van der Waals surface area contributed by atoms with Crippen molar-refractivity contribution in [1.29, 1.82) is 0 Å². The number of amides is 1. The molecule has 0 aliphatic heterocycles. The molecule has 6 nitrogen and oxygen atoms in total. The topological polar surface area (TPSA) is 92.4 Å². The van der Waals surface area contributed by atoms with Gasteiger partial charge in [-0.05, 0) is 18.6 Å². The van der Waals surface area contributed by atoms with E-state index in [0.29, 0.717) is 16.5 Å². The van der Waals surface area contributed by atoms with Gasteiger partial charge in [-0.25, -0.2) is 4.79 Å². The molecular weight excluding hydrogens is 355 g/mol. The summed E-state index contributed by atoms with van der Waals surface area (Å²) in [5.74, 6) is -1.95. The zero-order chi connectivity index (χ0) is 17.4. The van der Waals surface area contributed by atoms with Gasteiger partial charge in [0, 0.05) is 23.8 Å². The van der Waals surface area contributed by atoms with Gasteiger partial charge in [0.25, 0.3) is 5.91 Å². The number of hydrogen-bond acceptors (Lipinski definition) is 4. The highest BCUT2D eigenvalue weighted by molar-refractivity contribution is 6.39. The number of hydrogen-bond donors (Lipinski definition) is 2. The van der Waals surface area contributed by atoms with Gasteiger partial charge in [-0.15, -0.1) is 0 Å². The Balaban J connectivity index is 2.07. The summed E-state index contributed by atoms with van der Waals surface area (Å²) in [6.07, 6.45) is 2.71. The van der Waals surface area contributed by atoms with E-state index in [1.54, 1.807) is 19.1 Å². The minimum Gasteiger partial charge on any atom is -0.475 e. The number of nitrogens with zero attached hydrogens (tertiary/aromatic N) is 1. The summed E-state index contributed by atoms with van der Waals surface area (Å²) < 4.78 is 5.31. The van der Waals surface area contributed by atoms with E-state index in [2.05, 4.69) is 10.3 Å². The number of carbonyl (C=O) groups excluding carboxylic acids is 1. The van der Waals surface area contributed by atoms with Gasteiger partial charge in [0.2, 0.25) is 5.76 Å². The van der Waals surface area contributed by atoms with Crippen molar-refractivity contribution in [1.82, 2.24) is 4.98 Å². The van der Waals surface area contributed by atoms with Crippen LogP contribution < -0.4 is 5.32 Å². The van der Waals surface area contributed by atoms with Crippen molar-refractivity contribution in [2.75, 3.05) is 5.32 Å². The van der Waals surface area contributed by atoms with Crippen molar-refractivity contribution in [3.63, 3.8) is 0 Å². The Labute approximate surface area is 146 Å². The summed E-state index contributed by atoms with van der Waals surface area (Å²) >= 11 is 12.0. The molecule has 24 heavy (non-hydrogen) atoms. The quantitative estimate of drug-likeness (QED) is 0.718. The number of aromatic carboxylic acids is 1. The summed E-state index contributed by atoms with van der Waals surface area (Å²) in [6, 6.07) is 4.56. The van der Waals surface area contributed by atoms with Crippen LogP contribution in [0.15, 0.2) is 35.0 Å². The van der Waals surface area contributed by atoms with Crippen molar-refractivity contribution < 1.29 is 19.1 Å². The lowest BCUT2D eigenvalue weighted by Gasteiger charge is -2.09. The molecule has 1 amide bonds. The molecule has 0 saturated heterocycles. The number of rotatable bonds is 3. The Kier molecular flexibility index (Phi) is 4.17. The van der Waals surface area contributed by atoms with E-state index in [9.17, 15) is 9.59 Å². The van der Waals surface area contributed by atoms with Crippen molar-refractivity contribution in [3.8, 4) is 0 Å². The minimum absolute atomic E-state index is 0.192. The predicted octanol–water partition coefficient (Wildman–Crippen LogP) is 4.39. The molecule has 2 aromatic heterocycles. The Morgan fingerprint density at radius 1 is 1.21 bits per heavy atom. The number of fused-ring (bicyclic) bond motifs is 1. The van der Waals surface area contributed by atoms with Crippen LogP contribution in [0.3, 0.4) is 0 Å². The van der Waals surface area contributed by atoms with Crippen LogP contribution in [-0.2, 0) is 0 Å². The first-order valence-electron chi connectivity index (χ1n) is 6.75. The van der Waals surface area contributed by atoms with Crippen molar-refractivity contribution in [2.45, 2.75) is 6.92 Å². The molecule has 0 unspecified atom stereocenters. The van der Waals surface area contributed by atoms with Gasteiger partial charge >= 0.3 is 5.97 Å². The smallest absolute Gasteiger partial charge is 0.371 e. The van der Waals surface area contributed by atoms with Crippen LogP contribution in [-0.4, -0.2) is 22.0 Å². The van der Waals surface area contributed by atoms with E-state index in [1.165, 1.54) is 18.5 Å². The van der Waals surface area contributed by atoms with Crippen LogP contribution in [0.25, 0.3) is 11.0 Å². The Morgan fingerprint density at radius 3 is 2.50 bits per heavy atom. The third-order valence-corrected chi connectivity index (χ3v) is 4.00. The van der Waals surface area contributed by atoms with E-state index < -0.39 is 11.9 Å². The number of carboxylic acids is 1. The van der Waals surface area contributed by atoms with Gasteiger partial charge in [-0.1, -0.05) is 29.3 Å². The fourth-order valence-corrected chi connectivity index (χ4v) is 2.73. The molecular formula is C16H10Cl2N2O4. The number of aryl methyl sites for hydroxylation is 1. The molecule has 0 fully saturated rings. The lowest BCUT2D eigenvalue weighted by molar-refractivity contribution is 0.0664. The van der Waals surface area contributed by atoms with E-state index >= 15 is 0 Å². The highest BCUT2D eigenvalue weighted by atomic mass is 35.5. The summed E-state index contributed by atoms with van der Waals surface area (Å²) in [7, 11) is 0. The minimum atomic E-state index is -1.21. The van der Waals surface area contributed by atoms with Crippen LogP contribution in [0.4, 0.5) is 5.69 Å². The first kappa shape index (κ1) is 16.3. The average Bonchev–Trinajstić information content (AvgIpc) is 2.97. The maximum atomic E-state index is 12.6. The van der Waals surface area contributed by atoms with Crippen LogP contribution in [0.5, 0.6) is 0 Å². The zero-order valence-electron chi connectivity index (χ0n) is 12.3. The summed E-state index contributed by atoms with van der Waals surface area (Å²) in [4.78, 5) is 27.5. The van der Waals surface area contributed by atoms with E-state index in [4.69, 9.17) is 32.7 Å². The molecule has 2 N–H and O–H groups in total. The first-order valence-corrected chi connectivity index (χ1v) is 7.51. The van der Waals surface area contributed by atoms with Gasteiger partial charge in [-0.3, -0.25) is 9.78 Å². The Morgan fingerprint density at radius 2 is 1.88 bits per heavy atom. The van der Waals surface area contributed by atoms with Gasteiger partial charge in [0.15, 0.2) is 0 Å².